The molecule has 0 amide bonds. The molecular weight excluding hydrogens is 294 g/mol. The summed E-state index contributed by atoms with van der Waals surface area (Å²) < 4.78 is 11.9. The average Bonchev–Trinajstić information content (AvgIpc) is 2.54. The number of rotatable bonds is 4. The predicted octanol–water partition coefficient (Wildman–Crippen LogP) is 2.11. The fraction of sp³-hybridized carbons (Fsp3) is 0.353. The Morgan fingerprint density at radius 1 is 1.17 bits per heavy atom. The van der Waals surface area contributed by atoms with Crippen molar-refractivity contribution in [1.82, 2.24) is 9.78 Å². The van der Waals surface area contributed by atoms with Crippen molar-refractivity contribution in [3.05, 3.63) is 50.4 Å². The van der Waals surface area contributed by atoms with E-state index in [9.17, 15) is 10.1 Å². The Kier molecular flexibility index (Phi) is 4.70. The van der Waals surface area contributed by atoms with Crippen LogP contribution in [0.3, 0.4) is 0 Å². The summed E-state index contributed by atoms with van der Waals surface area (Å²) in [5, 5.41) is 13.5. The highest BCUT2D eigenvalue weighted by molar-refractivity contribution is 5.47. The van der Waals surface area contributed by atoms with Crippen LogP contribution in [0.15, 0.2) is 16.9 Å². The quantitative estimate of drug-likeness (QED) is 0.864. The molecule has 2 rings (SSSR count). The Balaban J connectivity index is 2.55. The highest BCUT2D eigenvalue weighted by Crippen LogP contribution is 2.30. The zero-order valence-electron chi connectivity index (χ0n) is 13.9. The zero-order valence-corrected chi connectivity index (χ0v) is 13.9. The molecule has 0 spiro atoms. The van der Waals surface area contributed by atoms with Gasteiger partial charge in [0.1, 0.15) is 11.6 Å². The van der Waals surface area contributed by atoms with Crippen LogP contribution in [0.2, 0.25) is 0 Å². The van der Waals surface area contributed by atoms with Crippen LogP contribution >= 0.6 is 0 Å². The largest absolute Gasteiger partial charge is 0.493 e. The normalized spacial score (nSPS) is 10.3. The van der Waals surface area contributed by atoms with Crippen LogP contribution in [-0.2, 0) is 6.54 Å². The molecule has 0 aliphatic rings. The van der Waals surface area contributed by atoms with Crippen LogP contribution in [0, 0.1) is 32.1 Å². The lowest BCUT2D eigenvalue weighted by Crippen LogP contribution is -2.28. The second kappa shape index (κ2) is 6.53. The molecule has 2 aromatic rings. The summed E-state index contributed by atoms with van der Waals surface area (Å²) in [7, 11) is 3.14. The Morgan fingerprint density at radius 3 is 2.35 bits per heavy atom. The fourth-order valence-corrected chi connectivity index (χ4v) is 2.37. The number of nitriles is 1. The Hall–Kier alpha value is -2.81. The standard InChI is InChI=1S/C17H19N3O3/c1-10-6-15(22-4)16(23-5)7-13(10)9-20-17(21)14(8-18)11(2)12(3)19-20/h6-7H,9H2,1-5H3. The summed E-state index contributed by atoms with van der Waals surface area (Å²) in [6.45, 7) is 5.71. The van der Waals surface area contributed by atoms with Crippen molar-refractivity contribution >= 4 is 0 Å². The van der Waals surface area contributed by atoms with E-state index in [1.165, 1.54) is 4.68 Å². The minimum atomic E-state index is -0.384. The van der Waals surface area contributed by atoms with Crippen LogP contribution in [0.25, 0.3) is 0 Å². The maximum absolute atomic E-state index is 12.4. The van der Waals surface area contributed by atoms with Crippen LogP contribution < -0.4 is 15.0 Å². The molecule has 0 atom stereocenters. The van der Waals surface area contributed by atoms with E-state index >= 15 is 0 Å². The molecule has 0 saturated carbocycles. The van der Waals surface area contributed by atoms with Gasteiger partial charge < -0.3 is 9.47 Å². The van der Waals surface area contributed by atoms with E-state index in [4.69, 9.17) is 9.47 Å². The lowest BCUT2D eigenvalue weighted by molar-refractivity contribution is 0.354. The van der Waals surface area contributed by atoms with E-state index in [-0.39, 0.29) is 17.7 Å². The highest BCUT2D eigenvalue weighted by Gasteiger charge is 2.14. The van der Waals surface area contributed by atoms with Gasteiger partial charge in [-0.3, -0.25) is 4.79 Å². The van der Waals surface area contributed by atoms with Crippen molar-refractivity contribution in [2.45, 2.75) is 27.3 Å². The number of ether oxygens (including phenoxy) is 2. The van der Waals surface area contributed by atoms with Crippen molar-refractivity contribution in [1.29, 1.82) is 5.26 Å². The van der Waals surface area contributed by atoms with Gasteiger partial charge in [-0.2, -0.15) is 10.4 Å². The third kappa shape index (κ3) is 3.04. The second-order valence-electron chi connectivity index (χ2n) is 5.29. The summed E-state index contributed by atoms with van der Waals surface area (Å²) >= 11 is 0. The van der Waals surface area contributed by atoms with Crippen molar-refractivity contribution in [3.8, 4) is 17.6 Å². The first kappa shape index (κ1) is 16.6. The number of hydrogen-bond donors (Lipinski definition) is 0. The van der Waals surface area contributed by atoms with Crippen LogP contribution in [0.5, 0.6) is 11.5 Å². The third-order valence-electron chi connectivity index (χ3n) is 3.91. The molecule has 0 bridgehead atoms. The molecule has 0 radical (unpaired) electrons. The summed E-state index contributed by atoms with van der Waals surface area (Å²) in [4.78, 5) is 12.4. The molecule has 0 N–H and O–H groups in total. The first-order chi connectivity index (χ1) is 10.9. The van der Waals surface area contributed by atoms with Crippen molar-refractivity contribution in [2.24, 2.45) is 0 Å². The summed E-state index contributed by atoms with van der Waals surface area (Å²) in [5.74, 6) is 1.22. The van der Waals surface area contributed by atoms with E-state index in [1.54, 1.807) is 28.1 Å². The monoisotopic (exact) mass is 313 g/mol. The molecule has 120 valence electrons. The molecule has 0 fully saturated rings. The molecule has 1 aromatic carbocycles. The average molecular weight is 313 g/mol. The Bertz CT molecular complexity index is 848. The van der Waals surface area contributed by atoms with Gasteiger partial charge in [0.2, 0.25) is 0 Å². The van der Waals surface area contributed by atoms with Crippen LogP contribution in [0.4, 0.5) is 0 Å². The molecule has 0 aliphatic heterocycles. The third-order valence-corrected chi connectivity index (χ3v) is 3.91. The lowest BCUT2D eigenvalue weighted by Gasteiger charge is -2.14. The smallest absolute Gasteiger partial charge is 0.285 e. The van der Waals surface area contributed by atoms with Crippen molar-refractivity contribution in [3.63, 3.8) is 0 Å². The molecule has 1 aromatic heterocycles. The maximum Gasteiger partial charge on any atom is 0.285 e. The Morgan fingerprint density at radius 2 is 1.78 bits per heavy atom. The topological polar surface area (TPSA) is 77.1 Å². The molecule has 1 heterocycles. The van der Waals surface area contributed by atoms with E-state index in [0.717, 1.165) is 11.1 Å². The number of aromatic nitrogens is 2. The SMILES string of the molecule is COc1cc(C)c(Cn2nc(C)c(C)c(C#N)c2=O)cc1OC. The number of aryl methyl sites for hydroxylation is 2. The van der Waals surface area contributed by atoms with Gasteiger partial charge in [0, 0.05) is 0 Å². The molecular formula is C17H19N3O3. The first-order valence-electron chi connectivity index (χ1n) is 7.12. The minimum absolute atomic E-state index is 0.135. The second-order valence-corrected chi connectivity index (χ2v) is 5.29. The highest BCUT2D eigenvalue weighted by atomic mass is 16.5. The van der Waals surface area contributed by atoms with E-state index < -0.39 is 0 Å². The zero-order chi connectivity index (χ0) is 17.1. The van der Waals surface area contributed by atoms with Gasteiger partial charge in [-0.05, 0) is 49.6 Å². The molecule has 0 aliphatic carbocycles. The van der Waals surface area contributed by atoms with Gasteiger partial charge in [0.25, 0.3) is 5.56 Å². The number of nitrogens with zero attached hydrogens (tertiary/aromatic N) is 3. The van der Waals surface area contributed by atoms with Gasteiger partial charge >= 0.3 is 0 Å². The predicted molar refractivity (Wildman–Crippen MR) is 86.1 cm³/mol. The fourth-order valence-electron chi connectivity index (χ4n) is 2.37. The Labute approximate surface area is 134 Å². The lowest BCUT2D eigenvalue weighted by atomic mass is 10.1. The van der Waals surface area contributed by atoms with Gasteiger partial charge in [-0.25, -0.2) is 4.68 Å². The minimum Gasteiger partial charge on any atom is -0.493 e. The van der Waals surface area contributed by atoms with Gasteiger partial charge in [0.15, 0.2) is 11.5 Å². The molecule has 6 heteroatoms. The number of methoxy groups -OCH3 is 2. The van der Waals surface area contributed by atoms with Crippen molar-refractivity contribution in [2.75, 3.05) is 14.2 Å². The maximum atomic E-state index is 12.4. The molecule has 6 nitrogen and oxygen atoms in total. The molecule has 0 unspecified atom stereocenters. The first-order valence-corrected chi connectivity index (χ1v) is 7.12. The van der Waals surface area contributed by atoms with Crippen LogP contribution in [-0.4, -0.2) is 24.0 Å². The number of hydrogen-bond acceptors (Lipinski definition) is 5. The molecule has 0 saturated heterocycles. The number of benzene rings is 1. The van der Waals surface area contributed by atoms with E-state index in [2.05, 4.69) is 5.10 Å². The molecule has 23 heavy (non-hydrogen) atoms. The summed E-state index contributed by atoms with van der Waals surface area (Å²) in [6.07, 6.45) is 0. The summed E-state index contributed by atoms with van der Waals surface area (Å²) in [5.41, 5.74) is 2.87. The van der Waals surface area contributed by atoms with Gasteiger partial charge in [0.05, 0.1) is 26.5 Å². The van der Waals surface area contributed by atoms with E-state index in [0.29, 0.717) is 22.8 Å². The van der Waals surface area contributed by atoms with Crippen LogP contribution in [0.1, 0.15) is 27.9 Å². The van der Waals surface area contributed by atoms with Gasteiger partial charge in [-0.15, -0.1) is 0 Å². The van der Waals surface area contributed by atoms with Gasteiger partial charge in [-0.1, -0.05) is 0 Å². The van der Waals surface area contributed by atoms with Crippen molar-refractivity contribution < 1.29 is 9.47 Å². The summed E-state index contributed by atoms with van der Waals surface area (Å²) in [6, 6.07) is 5.64. The van der Waals surface area contributed by atoms with E-state index in [1.807, 2.05) is 25.1 Å².